The van der Waals surface area contributed by atoms with Gasteiger partial charge in [0.05, 0.1) is 10.2 Å². The summed E-state index contributed by atoms with van der Waals surface area (Å²) in [5.41, 5.74) is 0.665. The Kier molecular flexibility index (Phi) is 6.26. The lowest BCUT2D eigenvalue weighted by Crippen LogP contribution is -2.39. The summed E-state index contributed by atoms with van der Waals surface area (Å²) < 4.78 is 19.7. The first-order chi connectivity index (χ1) is 12.9. The van der Waals surface area contributed by atoms with Crippen LogP contribution in [0.3, 0.4) is 0 Å². The Morgan fingerprint density at radius 3 is 2.63 bits per heavy atom. The van der Waals surface area contributed by atoms with Crippen molar-refractivity contribution in [3.8, 4) is 5.75 Å². The van der Waals surface area contributed by atoms with Gasteiger partial charge in [-0.05, 0) is 56.6 Å². The van der Waals surface area contributed by atoms with Crippen LogP contribution >= 0.6 is 22.9 Å². The van der Waals surface area contributed by atoms with E-state index >= 15 is 0 Å². The minimum atomic E-state index is -0.324. The third kappa shape index (κ3) is 5.15. The van der Waals surface area contributed by atoms with Crippen molar-refractivity contribution < 1.29 is 13.9 Å². The molecular formula is C19H19ClFN3O2S. The number of likely N-dealkylation sites (N-methyl/N-ethyl adjacent to an activating group) is 1. The predicted octanol–water partition coefficient (Wildman–Crippen LogP) is 4.06. The third-order valence-corrected chi connectivity index (χ3v) is 5.11. The van der Waals surface area contributed by atoms with Gasteiger partial charge in [0.1, 0.15) is 11.6 Å². The Bertz CT molecular complexity index is 930. The number of thiazole rings is 1. The van der Waals surface area contributed by atoms with Gasteiger partial charge in [0.25, 0.3) is 5.91 Å². The maximum Gasteiger partial charge on any atom is 0.266 e. The fraction of sp³-hybridized carbons (Fsp3) is 0.263. The number of ether oxygens (including phenoxy) is 1. The standard InChI is InChI=1S/C19H19ClFN3O2S/c1-23(2)9-10-24(18(25)12-26-15-6-3-13(20)4-7-15)19-22-16-8-5-14(21)11-17(16)27-19/h3-8,11H,9-10,12H2,1-2H3. The van der Waals surface area contributed by atoms with E-state index in [4.69, 9.17) is 16.3 Å². The normalized spacial score (nSPS) is 11.1. The van der Waals surface area contributed by atoms with Gasteiger partial charge >= 0.3 is 0 Å². The molecular weight excluding hydrogens is 389 g/mol. The Balaban J connectivity index is 1.78. The van der Waals surface area contributed by atoms with Crippen LogP contribution in [0.1, 0.15) is 0 Å². The van der Waals surface area contributed by atoms with Crippen LogP contribution in [0.2, 0.25) is 5.02 Å². The fourth-order valence-electron chi connectivity index (χ4n) is 2.38. The summed E-state index contributed by atoms with van der Waals surface area (Å²) in [4.78, 5) is 20.8. The maximum absolute atomic E-state index is 13.5. The average molecular weight is 408 g/mol. The first kappa shape index (κ1) is 19.5. The quantitative estimate of drug-likeness (QED) is 0.592. The molecule has 0 unspecified atom stereocenters. The summed E-state index contributed by atoms with van der Waals surface area (Å²) >= 11 is 7.14. The molecule has 1 amide bonds. The van der Waals surface area contributed by atoms with Crippen LogP contribution < -0.4 is 9.64 Å². The molecule has 0 aliphatic heterocycles. The zero-order valence-electron chi connectivity index (χ0n) is 15.0. The van der Waals surface area contributed by atoms with Crippen molar-refractivity contribution in [2.24, 2.45) is 0 Å². The molecule has 1 heterocycles. The summed E-state index contributed by atoms with van der Waals surface area (Å²) in [6.07, 6.45) is 0. The van der Waals surface area contributed by atoms with Crippen molar-refractivity contribution in [2.75, 3.05) is 38.7 Å². The van der Waals surface area contributed by atoms with Gasteiger partial charge in [-0.3, -0.25) is 9.69 Å². The van der Waals surface area contributed by atoms with E-state index in [0.717, 1.165) is 0 Å². The molecule has 8 heteroatoms. The summed E-state index contributed by atoms with van der Waals surface area (Å²) in [6, 6.07) is 11.2. The molecule has 5 nitrogen and oxygen atoms in total. The van der Waals surface area contributed by atoms with Crippen molar-refractivity contribution in [3.05, 3.63) is 53.3 Å². The van der Waals surface area contributed by atoms with Gasteiger partial charge in [-0.1, -0.05) is 22.9 Å². The molecule has 0 aliphatic carbocycles. The number of halogens is 2. The Morgan fingerprint density at radius 2 is 1.93 bits per heavy atom. The van der Waals surface area contributed by atoms with Crippen LogP contribution in [0.4, 0.5) is 9.52 Å². The minimum Gasteiger partial charge on any atom is -0.484 e. The highest BCUT2D eigenvalue weighted by molar-refractivity contribution is 7.22. The molecule has 27 heavy (non-hydrogen) atoms. The number of anilines is 1. The van der Waals surface area contributed by atoms with Gasteiger partial charge < -0.3 is 9.64 Å². The molecule has 142 valence electrons. The number of rotatable bonds is 7. The van der Waals surface area contributed by atoms with Crippen LogP contribution in [0.15, 0.2) is 42.5 Å². The molecule has 1 aromatic heterocycles. The van der Waals surface area contributed by atoms with Crippen LogP contribution in [-0.4, -0.2) is 49.6 Å². The van der Waals surface area contributed by atoms with Crippen molar-refractivity contribution in [1.29, 1.82) is 0 Å². The average Bonchev–Trinajstić information content (AvgIpc) is 3.03. The second-order valence-corrected chi connectivity index (χ2v) is 7.65. The predicted molar refractivity (Wildman–Crippen MR) is 107 cm³/mol. The number of fused-ring (bicyclic) bond motifs is 1. The highest BCUT2D eigenvalue weighted by atomic mass is 35.5. The lowest BCUT2D eigenvalue weighted by molar-refractivity contribution is -0.120. The number of benzene rings is 2. The number of hydrogen-bond donors (Lipinski definition) is 0. The second-order valence-electron chi connectivity index (χ2n) is 6.20. The molecule has 0 N–H and O–H groups in total. The molecule has 0 saturated heterocycles. The molecule has 0 bridgehead atoms. The SMILES string of the molecule is CN(C)CCN(C(=O)COc1ccc(Cl)cc1)c1nc2ccc(F)cc2s1. The van der Waals surface area contributed by atoms with Gasteiger partial charge in [0.15, 0.2) is 11.7 Å². The lowest BCUT2D eigenvalue weighted by Gasteiger charge is -2.22. The zero-order chi connectivity index (χ0) is 19.4. The Morgan fingerprint density at radius 1 is 1.19 bits per heavy atom. The maximum atomic E-state index is 13.5. The minimum absolute atomic E-state index is 0.126. The third-order valence-electron chi connectivity index (χ3n) is 3.82. The van der Waals surface area contributed by atoms with Gasteiger partial charge in [0, 0.05) is 18.1 Å². The monoisotopic (exact) mass is 407 g/mol. The van der Waals surface area contributed by atoms with Gasteiger partial charge in [-0.15, -0.1) is 0 Å². The molecule has 0 atom stereocenters. The fourth-order valence-corrected chi connectivity index (χ4v) is 3.54. The van der Waals surface area contributed by atoms with Gasteiger partial charge in [-0.25, -0.2) is 9.37 Å². The molecule has 0 radical (unpaired) electrons. The van der Waals surface area contributed by atoms with E-state index in [9.17, 15) is 9.18 Å². The number of nitrogens with zero attached hydrogens (tertiary/aromatic N) is 3. The summed E-state index contributed by atoms with van der Waals surface area (Å²) in [7, 11) is 3.86. The smallest absolute Gasteiger partial charge is 0.266 e. The van der Waals surface area contributed by atoms with Gasteiger partial charge in [0.2, 0.25) is 0 Å². The van der Waals surface area contributed by atoms with Crippen LogP contribution in [0.5, 0.6) is 5.75 Å². The molecule has 3 rings (SSSR count). The van der Waals surface area contributed by atoms with Crippen molar-refractivity contribution in [2.45, 2.75) is 0 Å². The van der Waals surface area contributed by atoms with Crippen molar-refractivity contribution in [3.63, 3.8) is 0 Å². The van der Waals surface area contributed by atoms with E-state index < -0.39 is 0 Å². The number of hydrogen-bond acceptors (Lipinski definition) is 5. The first-order valence-electron chi connectivity index (χ1n) is 8.32. The Labute approximate surface area is 165 Å². The number of aromatic nitrogens is 1. The van der Waals surface area contributed by atoms with Crippen LogP contribution in [0.25, 0.3) is 10.2 Å². The lowest BCUT2D eigenvalue weighted by atomic mass is 10.3. The van der Waals surface area contributed by atoms with Gasteiger partial charge in [-0.2, -0.15) is 0 Å². The van der Waals surface area contributed by atoms with Crippen molar-refractivity contribution >= 4 is 44.2 Å². The zero-order valence-corrected chi connectivity index (χ0v) is 16.6. The van der Waals surface area contributed by atoms with E-state index in [-0.39, 0.29) is 18.3 Å². The number of carbonyl (C=O) groups is 1. The van der Waals surface area contributed by atoms with Crippen LogP contribution in [-0.2, 0) is 4.79 Å². The number of amides is 1. The second kappa shape index (κ2) is 8.65. The summed E-state index contributed by atoms with van der Waals surface area (Å²) in [6.45, 7) is 0.994. The summed E-state index contributed by atoms with van der Waals surface area (Å²) in [5.74, 6) is 0.0212. The van der Waals surface area contributed by atoms with Crippen LogP contribution in [0, 0.1) is 5.82 Å². The van der Waals surface area contributed by atoms with Crippen molar-refractivity contribution in [1.82, 2.24) is 9.88 Å². The van der Waals surface area contributed by atoms with E-state index in [1.165, 1.54) is 23.5 Å². The largest absolute Gasteiger partial charge is 0.484 e. The molecule has 0 spiro atoms. The first-order valence-corrected chi connectivity index (χ1v) is 9.51. The van der Waals surface area contributed by atoms with E-state index in [1.807, 2.05) is 19.0 Å². The highest BCUT2D eigenvalue weighted by Gasteiger charge is 2.20. The van der Waals surface area contributed by atoms with E-state index in [0.29, 0.717) is 39.2 Å². The Hall–Kier alpha value is -2.22. The highest BCUT2D eigenvalue weighted by Crippen LogP contribution is 2.29. The molecule has 2 aromatic carbocycles. The molecule has 3 aromatic rings. The molecule has 0 fully saturated rings. The topological polar surface area (TPSA) is 45.7 Å². The number of carbonyl (C=O) groups excluding carboxylic acids is 1. The van der Waals surface area contributed by atoms with E-state index in [2.05, 4.69) is 4.98 Å². The molecule has 0 saturated carbocycles. The molecule has 0 aliphatic rings. The summed E-state index contributed by atoms with van der Waals surface area (Å²) in [5, 5.41) is 1.13. The van der Waals surface area contributed by atoms with E-state index in [1.54, 1.807) is 35.2 Å².